The van der Waals surface area contributed by atoms with Gasteiger partial charge in [0.15, 0.2) is 6.61 Å². The Morgan fingerprint density at radius 2 is 2.21 bits per heavy atom. The topological polar surface area (TPSA) is 75.6 Å². The highest BCUT2D eigenvalue weighted by Crippen LogP contribution is 2.13. The number of hydrogen-bond donors (Lipinski definition) is 2. The Kier molecular flexibility index (Phi) is 6.21. The molecule has 0 fully saturated rings. The van der Waals surface area contributed by atoms with Gasteiger partial charge in [0, 0.05) is 17.4 Å². The minimum atomic E-state index is -1.05. The highest BCUT2D eigenvalue weighted by atomic mass is 32.2. The molecule has 6 heteroatoms. The van der Waals surface area contributed by atoms with Gasteiger partial charge in [0.05, 0.1) is 0 Å². The molecule has 0 aliphatic carbocycles. The average Bonchev–Trinajstić information content (AvgIpc) is 2.42. The van der Waals surface area contributed by atoms with E-state index in [1.54, 1.807) is 30.0 Å². The molecule has 0 spiro atoms. The predicted octanol–water partition coefficient (Wildman–Crippen LogP) is 1.63. The highest BCUT2D eigenvalue weighted by Gasteiger charge is 2.08. The maximum atomic E-state index is 11.9. The molecule has 1 atom stereocenters. The summed E-state index contributed by atoms with van der Waals surface area (Å²) >= 11 is 1.67. The van der Waals surface area contributed by atoms with Crippen LogP contribution in [0.25, 0.3) is 0 Å². The molecule has 1 rings (SSSR count). The number of thioether (sulfide) groups is 1. The molecule has 0 radical (unpaired) electrons. The lowest BCUT2D eigenvalue weighted by Crippen LogP contribution is -2.29. The van der Waals surface area contributed by atoms with Gasteiger partial charge in [-0.05, 0) is 24.5 Å². The summed E-state index contributed by atoms with van der Waals surface area (Å²) in [6.45, 7) is 2.19. The first kappa shape index (κ1) is 15.4. The number of carboxylic acid groups (broad SMARTS) is 1. The van der Waals surface area contributed by atoms with Gasteiger partial charge in [-0.15, -0.1) is 0 Å². The molecule has 0 aliphatic heterocycles. The molecule has 0 aliphatic rings. The molecule has 1 aromatic carbocycles. The van der Waals surface area contributed by atoms with E-state index in [0.717, 1.165) is 0 Å². The lowest BCUT2D eigenvalue weighted by atomic mass is 10.2. The Labute approximate surface area is 116 Å². The summed E-state index contributed by atoms with van der Waals surface area (Å²) < 4.78 is 5.02. The quantitative estimate of drug-likeness (QED) is 0.795. The van der Waals surface area contributed by atoms with Crippen LogP contribution < -0.4 is 10.1 Å². The molecule has 0 aromatic heterocycles. The number of carbonyl (C=O) groups excluding carboxylic acids is 1. The standard InChI is InChI=1S/C13H17NO4S/c1-9(19-2)7-14-13(17)10-4-3-5-11(6-10)18-8-12(15)16/h3-6,9H,7-8H2,1-2H3,(H,14,17)(H,15,16). The van der Waals surface area contributed by atoms with E-state index in [0.29, 0.717) is 23.1 Å². The Morgan fingerprint density at radius 3 is 2.84 bits per heavy atom. The van der Waals surface area contributed by atoms with Crippen molar-refractivity contribution in [3.8, 4) is 5.75 Å². The maximum absolute atomic E-state index is 11.9. The van der Waals surface area contributed by atoms with Crippen LogP contribution in [-0.2, 0) is 4.79 Å². The van der Waals surface area contributed by atoms with Crippen molar-refractivity contribution < 1.29 is 19.4 Å². The van der Waals surface area contributed by atoms with Gasteiger partial charge in [-0.1, -0.05) is 13.0 Å². The summed E-state index contributed by atoms with van der Waals surface area (Å²) in [7, 11) is 0. The second kappa shape index (κ2) is 7.68. The fourth-order valence-corrected chi connectivity index (χ4v) is 1.54. The number of benzene rings is 1. The SMILES string of the molecule is CSC(C)CNC(=O)c1cccc(OCC(=O)O)c1. The second-order valence-corrected chi connectivity index (χ2v) is 5.24. The van der Waals surface area contributed by atoms with Crippen molar-refractivity contribution in [2.24, 2.45) is 0 Å². The van der Waals surface area contributed by atoms with Crippen LogP contribution in [-0.4, -0.2) is 41.6 Å². The minimum absolute atomic E-state index is 0.193. The molecular formula is C13H17NO4S. The van der Waals surface area contributed by atoms with Gasteiger partial charge in [0.1, 0.15) is 5.75 Å². The van der Waals surface area contributed by atoms with Gasteiger partial charge in [0.2, 0.25) is 0 Å². The zero-order valence-electron chi connectivity index (χ0n) is 10.9. The number of ether oxygens (including phenoxy) is 1. The van der Waals surface area contributed by atoms with Gasteiger partial charge >= 0.3 is 5.97 Å². The summed E-state index contributed by atoms with van der Waals surface area (Å²) in [6, 6.07) is 6.46. The first-order valence-corrected chi connectivity index (χ1v) is 7.07. The third-order valence-electron chi connectivity index (χ3n) is 2.41. The van der Waals surface area contributed by atoms with Crippen LogP contribution in [0.2, 0.25) is 0 Å². The molecule has 1 aromatic rings. The van der Waals surface area contributed by atoms with Gasteiger partial charge in [-0.2, -0.15) is 11.8 Å². The average molecular weight is 283 g/mol. The van der Waals surface area contributed by atoms with Crippen molar-refractivity contribution in [1.29, 1.82) is 0 Å². The maximum Gasteiger partial charge on any atom is 0.341 e. The molecule has 0 saturated heterocycles. The molecule has 0 bridgehead atoms. The van der Waals surface area contributed by atoms with E-state index in [-0.39, 0.29) is 5.91 Å². The largest absolute Gasteiger partial charge is 0.482 e. The molecule has 0 heterocycles. The van der Waals surface area contributed by atoms with Crippen molar-refractivity contribution >= 4 is 23.6 Å². The van der Waals surface area contributed by atoms with Crippen molar-refractivity contribution in [2.45, 2.75) is 12.2 Å². The Hall–Kier alpha value is -1.69. The van der Waals surface area contributed by atoms with Crippen molar-refractivity contribution in [1.82, 2.24) is 5.32 Å². The molecule has 104 valence electrons. The summed E-state index contributed by atoms with van der Waals surface area (Å²) in [6.07, 6.45) is 1.98. The fraction of sp³-hybridized carbons (Fsp3) is 0.385. The van der Waals surface area contributed by atoms with E-state index < -0.39 is 12.6 Å². The third kappa shape index (κ3) is 5.65. The summed E-state index contributed by atoms with van der Waals surface area (Å²) in [5.74, 6) is -0.877. The van der Waals surface area contributed by atoms with Crippen LogP contribution in [0.1, 0.15) is 17.3 Å². The first-order valence-electron chi connectivity index (χ1n) is 5.78. The van der Waals surface area contributed by atoms with Crippen molar-refractivity contribution in [2.75, 3.05) is 19.4 Å². The van der Waals surface area contributed by atoms with Gasteiger partial charge in [0.25, 0.3) is 5.91 Å². The molecule has 5 nitrogen and oxygen atoms in total. The van der Waals surface area contributed by atoms with Gasteiger partial charge < -0.3 is 15.2 Å². The summed E-state index contributed by atoms with van der Waals surface area (Å²) in [5.41, 5.74) is 0.455. The molecular weight excluding hydrogens is 266 g/mol. The normalized spacial score (nSPS) is 11.7. The van der Waals surface area contributed by atoms with Crippen molar-refractivity contribution in [3.05, 3.63) is 29.8 Å². The van der Waals surface area contributed by atoms with E-state index in [4.69, 9.17) is 9.84 Å². The number of nitrogens with one attached hydrogen (secondary N) is 1. The monoisotopic (exact) mass is 283 g/mol. The number of carboxylic acids is 1. The van der Waals surface area contributed by atoms with Crippen LogP contribution in [0.5, 0.6) is 5.75 Å². The molecule has 2 N–H and O–H groups in total. The summed E-state index contributed by atoms with van der Waals surface area (Å²) in [5, 5.41) is 11.7. The number of aliphatic carboxylic acids is 1. The summed E-state index contributed by atoms with van der Waals surface area (Å²) in [4.78, 5) is 22.3. The second-order valence-electron chi connectivity index (χ2n) is 3.97. The van der Waals surface area contributed by atoms with E-state index >= 15 is 0 Å². The van der Waals surface area contributed by atoms with E-state index in [1.165, 1.54) is 6.07 Å². The van der Waals surface area contributed by atoms with E-state index in [2.05, 4.69) is 5.32 Å². The lowest BCUT2D eigenvalue weighted by molar-refractivity contribution is -0.139. The molecule has 1 amide bonds. The van der Waals surface area contributed by atoms with Crippen LogP contribution in [0.4, 0.5) is 0 Å². The number of amides is 1. The minimum Gasteiger partial charge on any atom is -0.482 e. The zero-order valence-corrected chi connectivity index (χ0v) is 11.7. The van der Waals surface area contributed by atoms with E-state index in [9.17, 15) is 9.59 Å². The van der Waals surface area contributed by atoms with Crippen LogP contribution >= 0.6 is 11.8 Å². The molecule has 0 saturated carbocycles. The number of rotatable bonds is 7. The fourth-order valence-electron chi connectivity index (χ4n) is 1.29. The Bertz CT molecular complexity index is 450. The predicted molar refractivity (Wildman–Crippen MR) is 74.9 cm³/mol. The van der Waals surface area contributed by atoms with Crippen LogP contribution in [0.15, 0.2) is 24.3 Å². The highest BCUT2D eigenvalue weighted by molar-refractivity contribution is 7.99. The van der Waals surface area contributed by atoms with Crippen LogP contribution in [0.3, 0.4) is 0 Å². The lowest BCUT2D eigenvalue weighted by Gasteiger charge is -2.10. The third-order valence-corrected chi connectivity index (χ3v) is 3.38. The Balaban J connectivity index is 2.59. The number of hydrogen-bond acceptors (Lipinski definition) is 4. The van der Waals surface area contributed by atoms with E-state index in [1.807, 2.05) is 13.2 Å². The van der Waals surface area contributed by atoms with Crippen molar-refractivity contribution in [3.63, 3.8) is 0 Å². The molecule has 19 heavy (non-hydrogen) atoms. The van der Waals surface area contributed by atoms with Gasteiger partial charge in [-0.3, -0.25) is 4.79 Å². The smallest absolute Gasteiger partial charge is 0.341 e. The van der Waals surface area contributed by atoms with Gasteiger partial charge in [-0.25, -0.2) is 4.79 Å². The van der Waals surface area contributed by atoms with Crippen LogP contribution in [0, 0.1) is 0 Å². The molecule has 1 unspecified atom stereocenters. The zero-order chi connectivity index (χ0) is 14.3. The first-order chi connectivity index (χ1) is 9.02. The Morgan fingerprint density at radius 1 is 1.47 bits per heavy atom. The number of carbonyl (C=O) groups is 2.